The van der Waals surface area contributed by atoms with Crippen molar-refractivity contribution in [2.24, 2.45) is 11.1 Å². The van der Waals surface area contributed by atoms with Crippen molar-refractivity contribution >= 4 is 17.2 Å². The Morgan fingerprint density at radius 1 is 1.59 bits per heavy atom. The summed E-state index contributed by atoms with van der Waals surface area (Å²) in [6, 6.07) is -0.481. The van der Waals surface area contributed by atoms with Crippen LogP contribution in [-0.2, 0) is 4.79 Å². The van der Waals surface area contributed by atoms with Crippen LogP contribution in [0.3, 0.4) is 0 Å². The van der Waals surface area contributed by atoms with Gasteiger partial charge in [-0.1, -0.05) is 27.7 Å². The number of nitrogens with two attached hydrogens (primary N) is 1. The van der Waals surface area contributed by atoms with Crippen molar-refractivity contribution in [1.82, 2.24) is 10.3 Å². The number of aromatic nitrogens is 1. The molecule has 0 spiro atoms. The predicted octanol–water partition coefficient (Wildman–Crippen LogP) is 1.74. The van der Waals surface area contributed by atoms with Gasteiger partial charge in [-0.25, -0.2) is 4.98 Å². The zero-order valence-corrected chi connectivity index (χ0v) is 11.7. The molecule has 0 bridgehead atoms. The molecule has 0 aliphatic rings. The topological polar surface area (TPSA) is 68.0 Å². The highest BCUT2D eigenvalue weighted by atomic mass is 32.1. The van der Waals surface area contributed by atoms with Crippen molar-refractivity contribution in [1.29, 1.82) is 0 Å². The zero-order chi connectivity index (χ0) is 13.1. The molecule has 5 heteroatoms. The molecule has 1 unspecified atom stereocenters. The van der Waals surface area contributed by atoms with Gasteiger partial charge < -0.3 is 11.1 Å². The molecule has 96 valence electrons. The lowest BCUT2D eigenvalue weighted by Crippen LogP contribution is -2.49. The Morgan fingerprint density at radius 2 is 2.24 bits per heavy atom. The maximum Gasteiger partial charge on any atom is 0.237 e. The van der Waals surface area contributed by atoms with Crippen molar-refractivity contribution in [2.75, 3.05) is 6.54 Å². The van der Waals surface area contributed by atoms with Crippen LogP contribution in [0.5, 0.6) is 0 Å². The van der Waals surface area contributed by atoms with Gasteiger partial charge in [0.05, 0.1) is 11.0 Å². The van der Waals surface area contributed by atoms with Crippen molar-refractivity contribution in [3.8, 4) is 0 Å². The van der Waals surface area contributed by atoms with Gasteiger partial charge >= 0.3 is 0 Å². The van der Waals surface area contributed by atoms with Crippen molar-refractivity contribution in [3.05, 3.63) is 16.6 Å². The third-order valence-corrected chi connectivity index (χ3v) is 3.68. The van der Waals surface area contributed by atoms with Crippen LogP contribution in [0.25, 0.3) is 0 Å². The highest BCUT2D eigenvalue weighted by Crippen LogP contribution is 2.19. The molecule has 0 aliphatic carbocycles. The minimum Gasteiger partial charge on any atom is -0.354 e. The van der Waals surface area contributed by atoms with Gasteiger partial charge in [0.25, 0.3) is 0 Å². The van der Waals surface area contributed by atoms with Gasteiger partial charge in [0.1, 0.15) is 0 Å². The van der Waals surface area contributed by atoms with Crippen molar-refractivity contribution < 1.29 is 4.79 Å². The second-order valence-corrected chi connectivity index (χ2v) is 6.29. The van der Waals surface area contributed by atoms with Crippen molar-refractivity contribution in [3.63, 3.8) is 0 Å². The molecule has 1 heterocycles. The van der Waals surface area contributed by atoms with Gasteiger partial charge in [0.2, 0.25) is 5.91 Å². The van der Waals surface area contributed by atoms with Crippen LogP contribution < -0.4 is 11.1 Å². The van der Waals surface area contributed by atoms with Gasteiger partial charge in [-0.3, -0.25) is 4.79 Å². The van der Waals surface area contributed by atoms with Gasteiger partial charge in [0.15, 0.2) is 0 Å². The highest BCUT2D eigenvalue weighted by molar-refractivity contribution is 7.09. The number of carbonyl (C=O) groups excluding carboxylic acids is 1. The Hall–Kier alpha value is -0.940. The fraction of sp³-hybridized carbons (Fsp3) is 0.667. The maximum atomic E-state index is 11.8. The van der Waals surface area contributed by atoms with Gasteiger partial charge in [-0.15, -0.1) is 11.3 Å². The van der Waals surface area contributed by atoms with E-state index in [1.54, 1.807) is 17.5 Å². The summed E-state index contributed by atoms with van der Waals surface area (Å²) in [5.41, 5.74) is 5.66. The molecule has 1 aromatic rings. The van der Waals surface area contributed by atoms with Crippen LogP contribution in [0.4, 0.5) is 0 Å². The Balaban J connectivity index is 2.44. The first-order valence-corrected chi connectivity index (χ1v) is 6.63. The first-order valence-electron chi connectivity index (χ1n) is 5.75. The van der Waals surface area contributed by atoms with Gasteiger partial charge in [0, 0.05) is 24.0 Å². The summed E-state index contributed by atoms with van der Waals surface area (Å²) in [5.74, 6) is 0.132. The Labute approximate surface area is 107 Å². The van der Waals surface area contributed by atoms with Crippen LogP contribution in [-0.4, -0.2) is 23.5 Å². The van der Waals surface area contributed by atoms with E-state index in [4.69, 9.17) is 5.73 Å². The number of amides is 1. The van der Waals surface area contributed by atoms with E-state index < -0.39 is 6.04 Å². The summed E-state index contributed by atoms with van der Waals surface area (Å²) >= 11 is 1.60. The molecular weight excluding hydrogens is 234 g/mol. The number of carbonyl (C=O) groups is 1. The number of hydrogen-bond donors (Lipinski definition) is 2. The van der Waals surface area contributed by atoms with E-state index in [1.165, 1.54) is 0 Å². The normalized spacial score (nSPS) is 15.4. The summed E-state index contributed by atoms with van der Waals surface area (Å²) in [5, 5.41) is 5.86. The third kappa shape index (κ3) is 4.09. The van der Waals surface area contributed by atoms with E-state index in [9.17, 15) is 4.79 Å². The Morgan fingerprint density at radius 3 is 2.71 bits per heavy atom. The number of hydrogen-bond acceptors (Lipinski definition) is 4. The number of thiazole rings is 1. The smallest absolute Gasteiger partial charge is 0.237 e. The lowest BCUT2D eigenvalue weighted by molar-refractivity contribution is -0.124. The lowest BCUT2D eigenvalue weighted by atomic mass is 9.87. The van der Waals surface area contributed by atoms with Gasteiger partial charge in [-0.2, -0.15) is 0 Å². The monoisotopic (exact) mass is 255 g/mol. The summed E-state index contributed by atoms with van der Waals surface area (Å²) in [6.45, 7) is 8.50. The largest absolute Gasteiger partial charge is 0.354 e. The summed E-state index contributed by atoms with van der Waals surface area (Å²) < 4.78 is 0. The molecule has 4 nitrogen and oxygen atoms in total. The van der Waals surface area contributed by atoms with Crippen LogP contribution in [0.15, 0.2) is 11.6 Å². The zero-order valence-electron chi connectivity index (χ0n) is 10.9. The predicted molar refractivity (Wildman–Crippen MR) is 71.0 cm³/mol. The summed E-state index contributed by atoms with van der Waals surface area (Å²) in [6.07, 6.45) is 1.78. The van der Waals surface area contributed by atoms with Crippen LogP contribution in [0.1, 0.15) is 38.6 Å². The fourth-order valence-corrected chi connectivity index (χ4v) is 2.02. The minimum atomic E-state index is -0.481. The molecule has 17 heavy (non-hydrogen) atoms. The maximum absolute atomic E-state index is 11.8. The van der Waals surface area contributed by atoms with Crippen LogP contribution >= 0.6 is 11.3 Å². The molecule has 0 aliphatic heterocycles. The van der Waals surface area contributed by atoms with E-state index in [2.05, 4.69) is 10.3 Å². The van der Waals surface area contributed by atoms with Crippen LogP contribution in [0, 0.1) is 5.41 Å². The quantitative estimate of drug-likeness (QED) is 0.861. The number of nitrogens with one attached hydrogen (secondary N) is 1. The van der Waals surface area contributed by atoms with E-state index >= 15 is 0 Å². The molecule has 0 saturated carbocycles. The second-order valence-electron chi connectivity index (χ2n) is 5.36. The van der Waals surface area contributed by atoms with Crippen molar-refractivity contribution in [2.45, 2.75) is 39.7 Å². The average molecular weight is 255 g/mol. The summed E-state index contributed by atoms with van der Waals surface area (Å²) in [7, 11) is 0. The molecule has 1 rings (SSSR count). The fourth-order valence-electron chi connectivity index (χ4n) is 1.32. The van der Waals surface area contributed by atoms with Gasteiger partial charge in [-0.05, 0) is 5.41 Å². The van der Waals surface area contributed by atoms with E-state index in [1.807, 2.05) is 33.1 Å². The summed E-state index contributed by atoms with van der Waals surface area (Å²) in [4.78, 5) is 16.0. The molecule has 1 aromatic heterocycles. The lowest BCUT2D eigenvalue weighted by Gasteiger charge is -2.26. The van der Waals surface area contributed by atoms with E-state index in [0.29, 0.717) is 6.54 Å². The molecule has 1 amide bonds. The molecule has 3 N–H and O–H groups in total. The highest BCUT2D eigenvalue weighted by Gasteiger charge is 2.27. The average Bonchev–Trinajstić information content (AvgIpc) is 2.76. The van der Waals surface area contributed by atoms with Crippen LogP contribution in [0.2, 0.25) is 0 Å². The first kappa shape index (κ1) is 14.1. The number of rotatable bonds is 4. The van der Waals surface area contributed by atoms with E-state index in [-0.39, 0.29) is 17.2 Å². The first-order chi connectivity index (χ1) is 7.82. The molecule has 0 radical (unpaired) electrons. The Bertz CT molecular complexity index is 356. The molecule has 0 fully saturated rings. The minimum absolute atomic E-state index is 0.0964. The number of nitrogens with zero attached hydrogens (tertiary/aromatic N) is 1. The second kappa shape index (κ2) is 5.60. The standard InChI is InChI=1S/C12H21N3OS/c1-8(11-14-5-6-17-11)7-15-10(16)9(13)12(2,3)4/h5-6,8-9H,7,13H2,1-4H3,(H,15,16)/t8?,9-/m0/s1. The molecule has 0 aromatic carbocycles. The third-order valence-electron chi connectivity index (χ3n) is 2.67. The Kier molecular flexibility index (Phi) is 4.65. The molecular formula is C12H21N3OS. The molecule has 0 saturated heterocycles. The molecule has 2 atom stereocenters. The van der Waals surface area contributed by atoms with E-state index in [0.717, 1.165) is 5.01 Å². The SMILES string of the molecule is CC(CNC(=O)[C@H](N)C(C)(C)C)c1nccs1.